The van der Waals surface area contributed by atoms with E-state index in [1.54, 1.807) is 26.0 Å². The minimum Gasteiger partial charge on any atom is -0.378 e. The van der Waals surface area contributed by atoms with Crippen molar-refractivity contribution in [2.45, 2.75) is 69.4 Å². The third kappa shape index (κ3) is 6.70. The highest BCUT2D eigenvalue weighted by Crippen LogP contribution is 2.20. The predicted octanol–water partition coefficient (Wildman–Crippen LogP) is 2.84. The van der Waals surface area contributed by atoms with Crippen LogP contribution in [-0.4, -0.2) is 39.6 Å². The Morgan fingerprint density at radius 3 is 2.65 bits per heavy atom. The average Bonchev–Trinajstić information content (AvgIpc) is 2.61. The second-order valence-electron chi connectivity index (χ2n) is 7.04. The summed E-state index contributed by atoms with van der Waals surface area (Å²) in [6, 6.07) is 5.87. The molecule has 1 aliphatic carbocycles. The predicted molar refractivity (Wildman–Crippen MR) is 102 cm³/mol. The van der Waals surface area contributed by atoms with Gasteiger partial charge in [-0.2, -0.15) is 0 Å². The molecule has 0 atom stereocenters. The van der Waals surface area contributed by atoms with Crippen molar-refractivity contribution in [3.8, 4) is 0 Å². The SMILES string of the molecule is CC(C)NS(=O)(=O)c1cccc(C(=O)NCCCOC2CCCCC2)c1. The monoisotopic (exact) mass is 382 g/mol. The fourth-order valence-electron chi connectivity index (χ4n) is 3.04. The van der Waals surface area contributed by atoms with Crippen molar-refractivity contribution in [3.05, 3.63) is 29.8 Å². The molecule has 0 spiro atoms. The normalized spacial score (nSPS) is 16.0. The van der Waals surface area contributed by atoms with Gasteiger partial charge in [0.05, 0.1) is 11.0 Å². The van der Waals surface area contributed by atoms with Gasteiger partial charge in [-0.25, -0.2) is 13.1 Å². The zero-order valence-electron chi connectivity index (χ0n) is 15.7. The number of benzene rings is 1. The number of hydrogen-bond acceptors (Lipinski definition) is 4. The smallest absolute Gasteiger partial charge is 0.251 e. The highest BCUT2D eigenvalue weighted by Gasteiger charge is 2.17. The zero-order chi connectivity index (χ0) is 19.0. The molecule has 2 rings (SSSR count). The molecule has 2 N–H and O–H groups in total. The number of amides is 1. The molecule has 0 unspecified atom stereocenters. The quantitative estimate of drug-likeness (QED) is 0.643. The van der Waals surface area contributed by atoms with Crippen LogP contribution in [0.4, 0.5) is 0 Å². The maximum atomic E-state index is 12.2. The van der Waals surface area contributed by atoms with E-state index in [2.05, 4.69) is 10.0 Å². The first kappa shape index (κ1) is 20.9. The zero-order valence-corrected chi connectivity index (χ0v) is 16.5. The minimum atomic E-state index is -3.61. The van der Waals surface area contributed by atoms with Crippen molar-refractivity contribution in [1.29, 1.82) is 0 Å². The molecule has 0 aromatic heterocycles. The fraction of sp³-hybridized carbons (Fsp3) is 0.632. The molecule has 1 aromatic rings. The molecule has 7 heteroatoms. The maximum absolute atomic E-state index is 12.2. The molecule has 1 saturated carbocycles. The Labute approximate surface area is 156 Å². The van der Waals surface area contributed by atoms with Crippen molar-refractivity contribution in [2.75, 3.05) is 13.2 Å². The summed E-state index contributed by atoms with van der Waals surface area (Å²) in [5.41, 5.74) is 0.338. The molecule has 1 amide bonds. The first-order valence-corrected chi connectivity index (χ1v) is 10.9. The van der Waals surface area contributed by atoms with Gasteiger partial charge < -0.3 is 10.1 Å². The lowest BCUT2D eigenvalue weighted by Gasteiger charge is -2.21. The molecule has 26 heavy (non-hydrogen) atoms. The summed E-state index contributed by atoms with van der Waals surface area (Å²) >= 11 is 0. The van der Waals surface area contributed by atoms with Gasteiger partial charge in [0.15, 0.2) is 0 Å². The molecule has 1 fully saturated rings. The molecular weight excluding hydrogens is 352 g/mol. The van der Waals surface area contributed by atoms with E-state index in [0.717, 1.165) is 19.3 Å². The minimum absolute atomic E-state index is 0.0967. The number of carbonyl (C=O) groups is 1. The van der Waals surface area contributed by atoms with Gasteiger partial charge in [0.1, 0.15) is 0 Å². The summed E-state index contributed by atoms with van der Waals surface area (Å²) in [4.78, 5) is 12.3. The Morgan fingerprint density at radius 1 is 1.23 bits per heavy atom. The van der Waals surface area contributed by atoms with E-state index in [1.165, 1.54) is 31.4 Å². The van der Waals surface area contributed by atoms with Crippen LogP contribution in [0.1, 0.15) is 62.7 Å². The molecule has 0 aliphatic heterocycles. The highest BCUT2D eigenvalue weighted by atomic mass is 32.2. The molecule has 146 valence electrons. The Balaban J connectivity index is 1.79. The number of sulfonamides is 1. The number of ether oxygens (including phenoxy) is 1. The summed E-state index contributed by atoms with van der Waals surface area (Å²) in [5, 5.41) is 2.82. The second-order valence-corrected chi connectivity index (χ2v) is 8.76. The molecule has 0 saturated heterocycles. The lowest BCUT2D eigenvalue weighted by Crippen LogP contribution is -2.31. The van der Waals surface area contributed by atoms with E-state index < -0.39 is 10.0 Å². The first-order chi connectivity index (χ1) is 12.4. The standard InChI is InChI=1S/C19H30N2O4S/c1-15(2)21-26(23,24)18-11-6-8-16(14-18)19(22)20-12-7-13-25-17-9-4-3-5-10-17/h6,8,11,14-15,17,21H,3-5,7,9-10,12-13H2,1-2H3,(H,20,22). The van der Waals surface area contributed by atoms with Crippen LogP contribution in [0.15, 0.2) is 29.2 Å². The summed E-state index contributed by atoms with van der Waals surface area (Å²) in [6.07, 6.45) is 7.18. The summed E-state index contributed by atoms with van der Waals surface area (Å²) in [5.74, 6) is -0.274. The van der Waals surface area contributed by atoms with Crippen molar-refractivity contribution in [2.24, 2.45) is 0 Å². The maximum Gasteiger partial charge on any atom is 0.251 e. The van der Waals surface area contributed by atoms with Crippen molar-refractivity contribution in [1.82, 2.24) is 10.0 Å². The summed E-state index contributed by atoms with van der Waals surface area (Å²) < 4.78 is 32.8. The molecule has 0 radical (unpaired) electrons. The van der Waals surface area contributed by atoms with E-state index in [4.69, 9.17) is 4.74 Å². The van der Waals surface area contributed by atoms with Gasteiger partial charge in [-0.05, 0) is 51.3 Å². The van der Waals surface area contributed by atoms with E-state index in [-0.39, 0.29) is 16.8 Å². The van der Waals surface area contributed by atoms with Gasteiger partial charge in [0.25, 0.3) is 5.91 Å². The molecule has 6 nitrogen and oxygen atoms in total. The molecule has 0 bridgehead atoms. The van der Waals surface area contributed by atoms with E-state index in [0.29, 0.717) is 24.8 Å². The van der Waals surface area contributed by atoms with Crippen molar-refractivity contribution >= 4 is 15.9 Å². The second kappa shape index (κ2) is 10.0. The Morgan fingerprint density at radius 2 is 1.96 bits per heavy atom. The van der Waals surface area contributed by atoms with Gasteiger partial charge in [0.2, 0.25) is 10.0 Å². The van der Waals surface area contributed by atoms with Gasteiger partial charge in [-0.1, -0.05) is 25.3 Å². The highest BCUT2D eigenvalue weighted by molar-refractivity contribution is 7.89. The van der Waals surface area contributed by atoms with Gasteiger partial charge in [-0.3, -0.25) is 4.79 Å². The lowest BCUT2D eigenvalue weighted by molar-refractivity contribution is 0.0273. The largest absolute Gasteiger partial charge is 0.378 e. The van der Waals surface area contributed by atoms with Gasteiger partial charge >= 0.3 is 0 Å². The Bertz CT molecular complexity index is 683. The van der Waals surface area contributed by atoms with Crippen LogP contribution in [-0.2, 0) is 14.8 Å². The van der Waals surface area contributed by atoms with Crippen LogP contribution in [0.2, 0.25) is 0 Å². The van der Waals surface area contributed by atoms with Crippen LogP contribution in [0, 0.1) is 0 Å². The number of carbonyl (C=O) groups excluding carboxylic acids is 1. The van der Waals surface area contributed by atoms with Crippen LogP contribution < -0.4 is 10.0 Å². The molecule has 0 heterocycles. The fourth-order valence-corrected chi connectivity index (χ4v) is 4.34. The third-order valence-electron chi connectivity index (χ3n) is 4.31. The number of rotatable bonds is 9. The number of hydrogen-bond donors (Lipinski definition) is 2. The van der Waals surface area contributed by atoms with E-state index >= 15 is 0 Å². The van der Waals surface area contributed by atoms with Crippen LogP contribution in [0.5, 0.6) is 0 Å². The molecule has 1 aliphatic rings. The van der Waals surface area contributed by atoms with Crippen LogP contribution >= 0.6 is 0 Å². The van der Waals surface area contributed by atoms with Crippen molar-refractivity contribution < 1.29 is 17.9 Å². The third-order valence-corrected chi connectivity index (χ3v) is 5.97. The average molecular weight is 383 g/mol. The molecular formula is C19H30N2O4S. The van der Waals surface area contributed by atoms with Crippen LogP contribution in [0.3, 0.4) is 0 Å². The van der Waals surface area contributed by atoms with Gasteiger partial charge in [0, 0.05) is 24.8 Å². The first-order valence-electron chi connectivity index (χ1n) is 9.40. The van der Waals surface area contributed by atoms with Crippen molar-refractivity contribution in [3.63, 3.8) is 0 Å². The van der Waals surface area contributed by atoms with E-state index in [1.807, 2.05) is 0 Å². The lowest BCUT2D eigenvalue weighted by atomic mass is 9.98. The molecule has 1 aromatic carbocycles. The summed E-state index contributed by atoms with van der Waals surface area (Å²) in [7, 11) is -3.61. The summed E-state index contributed by atoms with van der Waals surface area (Å²) in [6.45, 7) is 4.65. The Hall–Kier alpha value is -1.44. The van der Waals surface area contributed by atoms with E-state index in [9.17, 15) is 13.2 Å². The van der Waals surface area contributed by atoms with Gasteiger partial charge in [-0.15, -0.1) is 0 Å². The van der Waals surface area contributed by atoms with Crippen LogP contribution in [0.25, 0.3) is 0 Å². The Kier molecular flexibility index (Phi) is 8.06. The topological polar surface area (TPSA) is 84.5 Å². The number of nitrogens with one attached hydrogen (secondary N) is 2.